The van der Waals surface area contributed by atoms with Crippen LogP contribution in [0.1, 0.15) is 48.9 Å². The molecule has 2 saturated heterocycles. The zero-order valence-corrected chi connectivity index (χ0v) is 30.2. The van der Waals surface area contributed by atoms with Crippen LogP contribution >= 0.6 is 11.6 Å². The number of aliphatic imine (C=N–C) groups is 1. The van der Waals surface area contributed by atoms with Gasteiger partial charge in [0.2, 0.25) is 5.89 Å². The summed E-state index contributed by atoms with van der Waals surface area (Å²) in [6, 6.07) is 14.9. The molecule has 11 nitrogen and oxygen atoms in total. The first-order chi connectivity index (χ1) is 25.0. The molecule has 3 aliphatic rings. The van der Waals surface area contributed by atoms with Crippen LogP contribution in [0.15, 0.2) is 57.9 Å². The van der Waals surface area contributed by atoms with Crippen molar-refractivity contribution >= 4 is 40.5 Å². The minimum Gasteiger partial charge on any atom is -0.493 e. The standard InChI is InChI=1S/C39H46ClN5O6/c1-47-35-22-27(38-42-31-11-10-28(40)23-34(31)51-38)9-12-33(35)49-20-5-3-13-43-16-18-44(19-17-43)14-4-6-21-50-37-25-32-30(24-36(37)48-2)39(46)45-15-7-8-29(45)26-41-32/h9-12,22-26,29H,3-8,13-21H2,1-2H3/t29-/m0/s1. The molecule has 1 amide bonds. The van der Waals surface area contributed by atoms with Gasteiger partial charge in [-0.2, -0.15) is 0 Å². The van der Waals surface area contributed by atoms with E-state index in [0.717, 1.165) is 95.4 Å². The van der Waals surface area contributed by atoms with E-state index in [1.807, 2.05) is 41.4 Å². The van der Waals surface area contributed by atoms with E-state index < -0.39 is 0 Å². The van der Waals surface area contributed by atoms with E-state index in [2.05, 4.69) is 19.8 Å². The van der Waals surface area contributed by atoms with Gasteiger partial charge in [0.05, 0.1) is 44.7 Å². The highest BCUT2D eigenvalue weighted by Gasteiger charge is 2.32. The molecule has 0 N–H and O–H groups in total. The number of oxazole rings is 1. The highest BCUT2D eigenvalue weighted by Crippen LogP contribution is 2.38. The highest BCUT2D eigenvalue weighted by molar-refractivity contribution is 6.31. The first-order valence-electron chi connectivity index (χ1n) is 18.0. The number of benzene rings is 3. The molecule has 2 fully saturated rings. The molecule has 1 atom stereocenters. The Kier molecular flexibility index (Phi) is 11.3. The van der Waals surface area contributed by atoms with Crippen molar-refractivity contribution in [1.29, 1.82) is 0 Å². The number of halogens is 1. The number of aromatic nitrogens is 1. The number of nitrogens with zero attached hydrogens (tertiary/aromatic N) is 5. The van der Waals surface area contributed by atoms with Gasteiger partial charge in [-0.05, 0) is 88.0 Å². The van der Waals surface area contributed by atoms with Crippen LogP contribution in [-0.2, 0) is 0 Å². The van der Waals surface area contributed by atoms with Crippen LogP contribution in [-0.4, -0.2) is 111 Å². The van der Waals surface area contributed by atoms with Gasteiger partial charge in [0, 0.05) is 61.7 Å². The second-order valence-electron chi connectivity index (χ2n) is 13.3. The predicted molar refractivity (Wildman–Crippen MR) is 199 cm³/mol. The molecule has 0 bridgehead atoms. The Bertz CT molecular complexity index is 1860. The van der Waals surface area contributed by atoms with Gasteiger partial charge in [-0.3, -0.25) is 9.79 Å². The van der Waals surface area contributed by atoms with Crippen LogP contribution in [0.3, 0.4) is 0 Å². The molecule has 51 heavy (non-hydrogen) atoms. The molecule has 0 spiro atoms. The van der Waals surface area contributed by atoms with Crippen molar-refractivity contribution < 1.29 is 28.2 Å². The first-order valence-corrected chi connectivity index (χ1v) is 18.4. The molecule has 0 saturated carbocycles. The normalized spacial score (nSPS) is 17.7. The fraction of sp³-hybridized carbons (Fsp3) is 0.462. The van der Waals surface area contributed by atoms with Crippen LogP contribution in [0.2, 0.25) is 5.02 Å². The van der Waals surface area contributed by atoms with E-state index in [1.54, 1.807) is 32.4 Å². The average molecular weight is 716 g/mol. The number of fused-ring (bicyclic) bond motifs is 3. The third kappa shape index (κ3) is 8.27. The Morgan fingerprint density at radius 3 is 2.24 bits per heavy atom. The summed E-state index contributed by atoms with van der Waals surface area (Å²) in [5.74, 6) is 3.12. The van der Waals surface area contributed by atoms with Gasteiger partial charge in [-0.1, -0.05) is 11.6 Å². The topological polar surface area (TPSA) is 102 Å². The maximum atomic E-state index is 13.1. The van der Waals surface area contributed by atoms with E-state index in [9.17, 15) is 4.79 Å². The molecule has 3 aliphatic heterocycles. The number of unbranched alkanes of at least 4 members (excludes halogenated alkanes) is 2. The van der Waals surface area contributed by atoms with Crippen molar-refractivity contribution in [2.24, 2.45) is 4.99 Å². The van der Waals surface area contributed by atoms with Gasteiger partial charge < -0.3 is 38.1 Å². The van der Waals surface area contributed by atoms with E-state index in [-0.39, 0.29) is 11.9 Å². The smallest absolute Gasteiger partial charge is 0.256 e. The van der Waals surface area contributed by atoms with Gasteiger partial charge in [-0.25, -0.2) is 4.98 Å². The van der Waals surface area contributed by atoms with Crippen LogP contribution in [0, 0.1) is 0 Å². The minimum atomic E-state index is 0.0219. The number of piperazine rings is 1. The number of amides is 1. The summed E-state index contributed by atoms with van der Waals surface area (Å²) in [5.41, 5.74) is 3.46. The summed E-state index contributed by atoms with van der Waals surface area (Å²) in [4.78, 5) is 29.3. The lowest BCUT2D eigenvalue weighted by molar-refractivity contribution is 0.0774. The average Bonchev–Trinajstić information content (AvgIpc) is 3.78. The molecular formula is C39H46ClN5O6. The monoisotopic (exact) mass is 715 g/mol. The van der Waals surface area contributed by atoms with E-state index >= 15 is 0 Å². The zero-order valence-electron chi connectivity index (χ0n) is 29.4. The Morgan fingerprint density at radius 2 is 1.51 bits per heavy atom. The molecule has 4 aromatic rings. The number of hydrogen-bond acceptors (Lipinski definition) is 10. The Balaban J connectivity index is 0.781. The second-order valence-corrected chi connectivity index (χ2v) is 13.7. The molecule has 0 unspecified atom stereocenters. The Morgan fingerprint density at radius 1 is 0.804 bits per heavy atom. The Hall–Kier alpha value is -4.32. The summed E-state index contributed by atoms with van der Waals surface area (Å²) in [6.07, 6.45) is 7.93. The van der Waals surface area contributed by atoms with Gasteiger partial charge in [0.1, 0.15) is 5.52 Å². The summed E-state index contributed by atoms with van der Waals surface area (Å²) in [6.45, 7) is 8.44. The number of ether oxygens (including phenoxy) is 4. The van der Waals surface area contributed by atoms with Crippen molar-refractivity contribution in [3.05, 3.63) is 59.1 Å². The molecular weight excluding hydrogens is 670 g/mol. The van der Waals surface area contributed by atoms with Crippen LogP contribution in [0.4, 0.5) is 5.69 Å². The fourth-order valence-corrected chi connectivity index (χ4v) is 7.20. The molecule has 7 rings (SSSR count). The molecule has 1 aromatic heterocycles. The van der Waals surface area contributed by atoms with Crippen molar-refractivity contribution in [2.75, 3.05) is 73.2 Å². The molecule has 0 aliphatic carbocycles. The number of rotatable bonds is 15. The summed E-state index contributed by atoms with van der Waals surface area (Å²) in [5, 5.41) is 0.611. The van der Waals surface area contributed by atoms with Crippen LogP contribution in [0.5, 0.6) is 23.0 Å². The maximum absolute atomic E-state index is 13.1. The van der Waals surface area contributed by atoms with Crippen LogP contribution < -0.4 is 18.9 Å². The fourth-order valence-electron chi connectivity index (χ4n) is 7.04. The third-order valence-corrected chi connectivity index (χ3v) is 10.2. The summed E-state index contributed by atoms with van der Waals surface area (Å²) < 4.78 is 29.3. The molecule has 0 radical (unpaired) electrons. The van der Waals surface area contributed by atoms with Gasteiger partial charge >= 0.3 is 0 Å². The Labute approximate surface area is 304 Å². The quantitative estimate of drug-likeness (QED) is 0.119. The molecule has 4 heterocycles. The second kappa shape index (κ2) is 16.4. The lowest BCUT2D eigenvalue weighted by Crippen LogP contribution is -2.46. The van der Waals surface area contributed by atoms with E-state index in [1.165, 1.54) is 0 Å². The SMILES string of the molecule is COc1cc(-c2nc3ccc(Cl)cc3o2)ccc1OCCCCN1CCN(CCCCOc2cc3c(cc2OC)C(=O)N2CCC[C@H]2C=N3)CC1. The van der Waals surface area contributed by atoms with Crippen LogP contribution in [0.25, 0.3) is 22.6 Å². The van der Waals surface area contributed by atoms with E-state index in [4.69, 9.17) is 35.0 Å². The minimum absolute atomic E-state index is 0.0219. The van der Waals surface area contributed by atoms with Gasteiger partial charge in [-0.15, -0.1) is 0 Å². The third-order valence-electron chi connectivity index (χ3n) is 9.94. The predicted octanol–water partition coefficient (Wildman–Crippen LogP) is 7.12. The van der Waals surface area contributed by atoms with Gasteiger partial charge in [0.25, 0.3) is 5.91 Å². The molecule has 12 heteroatoms. The van der Waals surface area contributed by atoms with Crippen molar-refractivity contribution in [1.82, 2.24) is 19.7 Å². The number of hydrogen-bond donors (Lipinski definition) is 0. The first kappa shape index (κ1) is 35.1. The van der Waals surface area contributed by atoms with Gasteiger partial charge in [0.15, 0.2) is 28.6 Å². The maximum Gasteiger partial charge on any atom is 0.256 e. The zero-order chi connectivity index (χ0) is 35.2. The molecule has 270 valence electrons. The van der Waals surface area contributed by atoms with Crippen molar-refractivity contribution in [3.63, 3.8) is 0 Å². The highest BCUT2D eigenvalue weighted by atomic mass is 35.5. The van der Waals surface area contributed by atoms with Crippen molar-refractivity contribution in [2.45, 2.75) is 44.6 Å². The lowest BCUT2D eigenvalue weighted by Gasteiger charge is -2.34. The lowest BCUT2D eigenvalue weighted by atomic mass is 10.1. The number of methoxy groups -OCH3 is 2. The van der Waals surface area contributed by atoms with E-state index in [0.29, 0.717) is 64.0 Å². The number of carbonyl (C=O) groups is 1. The summed E-state index contributed by atoms with van der Waals surface area (Å²) >= 11 is 6.09. The largest absolute Gasteiger partial charge is 0.493 e. The number of carbonyl (C=O) groups excluding carboxylic acids is 1. The molecule has 3 aromatic carbocycles. The van der Waals surface area contributed by atoms with Crippen molar-refractivity contribution in [3.8, 4) is 34.5 Å². The summed E-state index contributed by atoms with van der Waals surface area (Å²) in [7, 11) is 3.26.